The van der Waals surface area contributed by atoms with Crippen molar-refractivity contribution in [2.45, 2.75) is 6.67 Å². The van der Waals surface area contributed by atoms with Crippen LogP contribution in [0.3, 0.4) is 0 Å². The first-order chi connectivity index (χ1) is 10.9. The summed E-state index contributed by atoms with van der Waals surface area (Å²) in [7, 11) is 0. The Hall–Kier alpha value is -2.17. The summed E-state index contributed by atoms with van der Waals surface area (Å²) in [6.07, 6.45) is 0. The van der Waals surface area contributed by atoms with Crippen LogP contribution >= 0.6 is 0 Å². The number of nitrogens with zero attached hydrogens (tertiary/aromatic N) is 3. The zero-order valence-corrected chi connectivity index (χ0v) is 12.5. The molecule has 0 amide bonds. The Balaban J connectivity index is 1.79. The number of para-hydroxylation sites is 2. The van der Waals surface area contributed by atoms with E-state index in [9.17, 15) is 0 Å². The molecule has 0 spiro atoms. The highest BCUT2D eigenvalue weighted by atomic mass is 16.5. The molecule has 1 aliphatic rings. The molecular formula is C18H19N3O. The summed E-state index contributed by atoms with van der Waals surface area (Å²) < 4.78 is 7.77. The lowest BCUT2D eigenvalue weighted by molar-refractivity contribution is 0.0244. The lowest BCUT2D eigenvalue weighted by Crippen LogP contribution is -2.37. The van der Waals surface area contributed by atoms with Gasteiger partial charge in [-0.1, -0.05) is 42.5 Å². The summed E-state index contributed by atoms with van der Waals surface area (Å²) in [5.41, 5.74) is 3.40. The summed E-state index contributed by atoms with van der Waals surface area (Å²) in [5.74, 6) is 1.04. The maximum absolute atomic E-state index is 5.45. The van der Waals surface area contributed by atoms with E-state index in [4.69, 9.17) is 9.72 Å². The molecule has 22 heavy (non-hydrogen) atoms. The molecule has 1 aromatic heterocycles. The third kappa shape index (κ3) is 2.51. The van der Waals surface area contributed by atoms with Gasteiger partial charge in [-0.25, -0.2) is 4.98 Å². The van der Waals surface area contributed by atoms with Crippen LogP contribution in [0.15, 0.2) is 54.6 Å². The van der Waals surface area contributed by atoms with Crippen molar-refractivity contribution in [3.05, 3.63) is 54.6 Å². The predicted molar refractivity (Wildman–Crippen MR) is 87.6 cm³/mol. The van der Waals surface area contributed by atoms with Gasteiger partial charge < -0.3 is 9.30 Å². The third-order valence-corrected chi connectivity index (χ3v) is 4.13. The molecule has 4 nitrogen and oxygen atoms in total. The van der Waals surface area contributed by atoms with Crippen molar-refractivity contribution in [3.8, 4) is 11.4 Å². The van der Waals surface area contributed by atoms with Crippen LogP contribution in [0.2, 0.25) is 0 Å². The number of morpholine rings is 1. The van der Waals surface area contributed by atoms with Crippen molar-refractivity contribution < 1.29 is 4.74 Å². The standard InChI is InChI=1S/C18H19N3O/c1-2-6-15(7-3-1)18-19-16-8-4-5-9-17(16)21(18)14-20-10-12-22-13-11-20/h1-9H,10-14H2. The lowest BCUT2D eigenvalue weighted by atomic mass is 10.2. The first-order valence-electron chi connectivity index (χ1n) is 7.72. The first kappa shape index (κ1) is 13.5. The average molecular weight is 293 g/mol. The average Bonchev–Trinajstić information content (AvgIpc) is 2.95. The number of ether oxygens (including phenoxy) is 1. The van der Waals surface area contributed by atoms with Gasteiger partial charge in [0.25, 0.3) is 0 Å². The molecule has 1 saturated heterocycles. The Morgan fingerprint density at radius 1 is 0.909 bits per heavy atom. The second kappa shape index (κ2) is 5.91. The maximum atomic E-state index is 5.45. The molecule has 0 saturated carbocycles. The molecule has 0 unspecified atom stereocenters. The van der Waals surface area contributed by atoms with Crippen LogP contribution in [-0.4, -0.2) is 40.8 Å². The molecule has 0 bridgehead atoms. The normalized spacial score (nSPS) is 16.2. The molecule has 0 aliphatic carbocycles. The fourth-order valence-electron chi connectivity index (χ4n) is 2.97. The summed E-state index contributed by atoms with van der Waals surface area (Å²) >= 11 is 0. The van der Waals surface area contributed by atoms with Gasteiger partial charge in [0.1, 0.15) is 5.82 Å². The zero-order chi connectivity index (χ0) is 14.8. The molecule has 2 heterocycles. The molecule has 3 aromatic rings. The highest BCUT2D eigenvalue weighted by Crippen LogP contribution is 2.25. The Morgan fingerprint density at radius 3 is 2.45 bits per heavy atom. The van der Waals surface area contributed by atoms with Crippen LogP contribution in [0, 0.1) is 0 Å². The first-order valence-corrected chi connectivity index (χ1v) is 7.72. The Kier molecular flexibility index (Phi) is 3.62. The van der Waals surface area contributed by atoms with E-state index < -0.39 is 0 Å². The van der Waals surface area contributed by atoms with Crippen LogP contribution in [-0.2, 0) is 11.4 Å². The van der Waals surface area contributed by atoms with Gasteiger partial charge in [-0.15, -0.1) is 0 Å². The molecule has 1 fully saturated rings. The fraction of sp³-hybridized carbons (Fsp3) is 0.278. The van der Waals surface area contributed by atoms with Gasteiger partial charge in [-0.2, -0.15) is 0 Å². The third-order valence-electron chi connectivity index (χ3n) is 4.13. The van der Waals surface area contributed by atoms with E-state index in [1.165, 1.54) is 5.52 Å². The maximum Gasteiger partial charge on any atom is 0.142 e. The van der Waals surface area contributed by atoms with Crippen molar-refractivity contribution in [1.82, 2.24) is 14.5 Å². The molecule has 0 radical (unpaired) electrons. The molecule has 0 atom stereocenters. The van der Waals surface area contributed by atoms with Crippen LogP contribution < -0.4 is 0 Å². The summed E-state index contributed by atoms with van der Waals surface area (Å²) in [6, 6.07) is 18.8. The van der Waals surface area contributed by atoms with E-state index in [0.29, 0.717) is 0 Å². The topological polar surface area (TPSA) is 30.3 Å². The largest absolute Gasteiger partial charge is 0.379 e. The Labute approximate surface area is 130 Å². The van der Waals surface area contributed by atoms with Crippen molar-refractivity contribution >= 4 is 11.0 Å². The van der Waals surface area contributed by atoms with E-state index in [0.717, 1.165) is 49.9 Å². The minimum absolute atomic E-state index is 0.813. The van der Waals surface area contributed by atoms with E-state index >= 15 is 0 Å². The summed E-state index contributed by atoms with van der Waals surface area (Å²) in [6.45, 7) is 4.43. The van der Waals surface area contributed by atoms with Crippen LogP contribution in [0.5, 0.6) is 0 Å². The highest BCUT2D eigenvalue weighted by molar-refractivity contribution is 5.80. The van der Waals surface area contributed by atoms with Gasteiger partial charge in [0, 0.05) is 18.7 Å². The molecular weight excluding hydrogens is 274 g/mol. The molecule has 1 aliphatic heterocycles. The second-order valence-corrected chi connectivity index (χ2v) is 5.59. The van der Waals surface area contributed by atoms with E-state index in [2.05, 4.69) is 51.9 Å². The number of hydrogen-bond acceptors (Lipinski definition) is 3. The minimum atomic E-state index is 0.813. The molecule has 4 heteroatoms. The predicted octanol–water partition coefficient (Wildman–Crippen LogP) is 2.99. The molecule has 4 rings (SSSR count). The second-order valence-electron chi connectivity index (χ2n) is 5.59. The number of fused-ring (bicyclic) bond motifs is 1. The fourth-order valence-corrected chi connectivity index (χ4v) is 2.97. The van der Waals surface area contributed by atoms with Crippen LogP contribution in [0.25, 0.3) is 22.4 Å². The van der Waals surface area contributed by atoms with Gasteiger partial charge >= 0.3 is 0 Å². The SMILES string of the molecule is c1ccc(-c2nc3ccccc3n2CN2CCOCC2)cc1. The number of rotatable bonds is 3. The van der Waals surface area contributed by atoms with E-state index in [1.807, 2.05) is 12.1 Å². The number of hydrogen-bond donors (Lipinski definition) is 0. The van der Waals surface area contributed by atoms with Crippen molar-refractivity contribution in [2.24, 2.45) is 0 Å². The molecule has 112 valence electrons. The quantitative estimate of drug-likeness (QED) is 0.743. The Morgan fingerprint density at radius 2 is 1.64 bits per heavy atom. The van der Waals surface area contributed by atoms with Gasteiger partial charge in [-0.3, -0.25) is 4.90 Å². The minimum Gasteiger partial charge on any atom is -0.379 e. The summed E-state index contributed by atoms with van der Waals surface area (Å²) in [4.78, 5) is 7.27. The van der Waals surface area contributed by atoms with Gasteiger partial charge in [-0.05, 0) is 12.1 Å². The van der Waals surface area contributed by atoms with Crippen LogP contribution in [0.1, 0.15) is 0 Å². The smallest absolute Gasteiger partial charge is 0.142 e. The van der Waals surface area contributed by atoms with E-state index in [1.54, 1.807) is 0 Å². The monoisotopic (exact) mass is 293 g/mol. The zero-order valence-electron chi connectivity index (χ0n) is 12.5. The number of benzene rings is 2. The molecule has 0 N–H and O–H groups in total. The van der Waals surface area contributed by atoms with Crippen molar-refractivity contribution in [3.63, 3.8) is 0 Å². The van der Waals surface area contributed by atoms with E-state index in [-0.39, 0.29) is 0 Å². The van der Waals surface area contributed by atoms with Gasteiger partial charge in [0.15, 0.2) is 0 Å². The van der Waals surface area contributed by atoms with Crippen LogP contribution in [0.4, 0.5) is 0 Å². The summed E-state index contributed by atoms with van der Waals surface area (Å²) in [5, 5.41) is 0. The molecule has 2 aromatic carbocycles. The van der Waals surface area contributed by atoms with Gasteiger partial charge in [0.2, 0.25) is 0 Å². The van der Waals surface area contributed by atoms with Gasteiger partial charge in [0.05, 0.1) is 30.9 Å². The Bertz CT molecular complexity index is 760. The highest BCUT2D eigenvalue weighted by Gasteiger charge is 2.16. The number of imidazole rings is 1. The van der Waals surface area contributed by atoms with Crippen molar-refractivity contribution in [1.29, 1.82) is 0 Å². The number of aromatic nitrogens is 2. The lowest BCUT2D eigenvalue weighted by Gasteiger charge is -2.27. The van der Waals surface area contributed by atoms with Crippen molar-refractivity contribution in [2.75, 3.05) is 26.3 Å².